The average Bonchev–Trinajstić information content (AvgIpc) is 3.27. The zero-order valence-electron chi connectivity index (χ0n) is 16.6. The molecule has 0 unspecified atom stereocenters. The Bertz CT molecular complexity index is 817. The summed E-state index contributed by atoms with van der Waals surface area (Å²) in [5.74, 6) is 0.571. The smallest absolute Gasteiger partial charge is 0.273 e. The Hall–Kier alpha value is -1.83. The summed E-state index contributed by atoms with van der Waals surface area (Å²) < 4.78 is 11.3. The van der Waals surface area contributed by atoms with Crippen molar-refractivity contribution in [2.45, 2.75) is 37.8 Å². The van der Waals surface area contributed by atoms with E-state index < -0.39 is 0 Å². The Balaban J connectivity index is 1.28. The van der Waals surface area contributed by atoms with E-state index >= 15 is 0 Å². The summed E-state index contributed by atoms with van der Waals surface area (Å²) in [6.07, 6.45) is 6.08. The molecule has 29 heavy (non-hydrogen) atoms. The number of likely N-dealkylation sites (tertiary alicyclic amines) is 2. The number of benzene rings is 1. The predicted octanol–water partition coefficient (Wildman–Crippen LogP) is 3.95. The Morgan fingerprint density at radius 1 is 1.17 bits per heavy atom. The van der Waals surface area contributed by atoms with Crippen LogP contribution < -0.4 is 9.47 Å². The van der Waals surface area contributed by atoms with Gasteiger partial charge in [0.25, 0.3) is 11.1 Å². The number of nitrogens with zero attached hydrogens (tertiary/aromatic N) is 3. The van der Waals surface area contributed by atoms with Crippen LogP contribution in [0, 0.1) is 0 Å². The van der Waals surface area contributed by atoms with Gasteiger partial charge in [0.2, 0.25) is 0 Å². The van der Waals surface area contributed by atoms with Crippen molar-refractivity contribution < 1.29 is 14.3 Å². The number of carbonyl (C=O) groups is 1. The fraction of sp³-hybridized carbons (Fsp3) is 0.524. The summed E-state index contributed by atoms with van der Waals surface area (Å²) in [4.78, 5) is 21.7. The van der Waals surface area contributed by atoms with Crippen LogP contribution in [0.1, 0.15) is 36.0 Å². The number of carbonyl (C=O) groups excluding carboxylic acids is 1. The van der Waals surface area contributed by atoms with Crippen LogP contribution in [0.15, 0.2) is 29.8 Å². The number of thiazole rings is 1. The zero-order chi connectivity index (χ0) is 20.2. The normalized spacial score (nSPS) is 19.3. The predicted molar refractivity (Wildman–Crippen MR) is 114 cm³/mol. The van der Waals surface area contributed by atoms with Gasteiger partial charge < -0.3 is 14.4 Å². The molecule has 156 valence electrons. The SMILES string of the molecule is COc1ccc(Cl)cc1C(=O)N1CCC(N2CCC(Oc3nccs3)CC2)CC1. The van der Waals surface area contributed by atoms with Crippen molar-refractivity contribution in [3.05, 3.63) is 40.4 Å². The Morgan fingerprint density at radius 2 is 1.93 bits per heavy atom. The van der Waals surface area contributed by atoms with Crippen LogP contribution in [0.4, 0.5) is 0 Å². The summed E-state index contributed by atoms with van der Waals surface area (Å²) in [5.41, 5.74) is 0.540. The third-order valence-electron chi connectivity index (χ3n) is 5.81. The highest BCUT2D eigenvalue weighted by atomic mass is 35.5. The van der Waals surface area contributed by atoms with Gasteiger partial charge in [-0.25, -0.2) is 4.98 Å². The van der Waals surface area contributed by atoms with Gasteiger partial charge in [0.05, 0.1) is 12.7 Å². The minimum absolute atomic E-state index is 0.00152. The molecule has 1 amide bonds. The van der Waals surface area contributed by atoms with Gasteiger partial charge in [-0.1, -0.05) is 22.9 Å². The average molecular weight is 436 g/mol. The van der Waals surface area contributed by atoms with Crippen molar-refractivity contribution in [3.63, 3.8) is 0 Å². The highest BCUT2D eigenvalue weighted by Crippen LogP contribution is 2.28. The molecule has 2 aromatic rings. The van der Waals surface area contributed by atoms with Crippen LogP contribution in [0.5, 0.6) is 10.9 Å². The van der Waals surface area contributed by atoms with Gasteiger partial charge in [0, 0.05) is 48.8 Å². The summed E-state index contributed by atoms with van der Waals surface area (Å²) in [7, 11) is 1.58. The highest BCUT2D eigenvalue weighted by molar-refractivity contribution is 7.11. The molecule has 0 N–H and O–H groups in total. The van der Waals surface area contributed by atoms with E-state index in [1.165, 1.54) is 0 Å². The highest BCUT2D eigenvalue weighted by Gasteiger charge is 2.31. The van der Waals surface area contributed by atoms with Crippen LogP contribution in [0.25, 0.3) is 0 Å². The Labute approximate surface area is 180 Å². The molecule has 0 atom stereocenters. The molecule has 0 saturated carbocycles. The largest absolute Gasteiger partial charge is 0.496 e. The summed E-state index contributed by atoms with van der Waals surface area (Å²) in [6, 6.07) is 5.72. The van der Waals surface area contributed by atoms with Gasteiger partial charge in [0.15, 0.2) is 0 Å². The maximum atomic E-state index is 13.0. The van der Waals surface area contributed by atoms with E-state index in [1.807, 2.05) is 10.3 Å². The second-order valence-electron chi connectivity index (χ2n) is 7.52. The topological polar surface area (TPSA) is 54.9 Å². The van der Waals surface area contributed by atoms with Crippen molar-refractivity contribution in [2.24, 2.45) is 0 Å². The lowest BCUT2D eigenvalue weighted by Crippen LogP contribution is -2.50. The number of aromatic nitrogens is 1. The van der Waals surface area contributed by atoms with Crippen molar-refractivity contribution in [1.29, 1.82) is 0 Å². The molecule has 0 aliphatic carbocycles. The van der Waals surface area contributed by atoms with Crippen LogP contribution in [-0.2, 0) is 0 Å². The van der Waals surface area contributed by atoms with Gasteiger partial charge in [-0.05, 0) is 43.9 Å². The molecular formula is C21H26ClN3O3S. The molecule has 2 saturated heterocycles. The van der Waals surface area contributed by atoms with Crippen LogP contribution >= 0.6 is 22.9 Å². The van der Waals surface area contributed by atoms with Crippen molar-refractivity contribution >= 4 is 28.8 Å². The second kappa shape index (κ2) is 9.32. The van der Waals surface area contributed by atoms with Crippen molar-refractivity contribution in [1.82, 2.24) is 14.8 Å². The fourth-order valence-corrected chi connectivity index (χ4v) is 4.95. The molecule has 2 aliphatic heterocycles. The first kappa shape index (κ1) is 20.4. The molecule has 1 aromatic carbocycles. The Kier molecular flexibility index (Phi) is 6.57. The number of piperidine rings is 2. The third kappa shape index (κ3) is 4.85. The Morgan fingerprint density at radius 3 is 2.59 bits per heavy atom. The zero-order valence-corrected chi connectivity index (χ0v) is 18.1. The van der Waals surface area contributed by atoms with Crippen molar-refractivity contribution in [3.8, 4) is 10.9 Å². The molecule has 0 radical (unpaired) electrons. The number of amides is 1. The van der Waals surface area contributed by atoms with Crippen LogP contribution in [0.3, 0.4) is 0 Å². The van der Waals surface area contributed by atoms with E-state index in [1.54, 1.807) is 42.8 Å². The van der Waals surface area contributed by atoms with Gasteiger partial charge in [-0.2, -0.15) is 0 Å². The first-order chi connectivity index (χ1) is 14.1. The van der Waals surface area contributed by atoms with Gasteiger partial charge in [0.1, 0.15) is 11.9 Å². The molecule has 6 nitrogen and oxygen atoms in total. The summed E-state index contributed by atoms with van der Waals surface area (Å²) in [6.45, 7) is 3.59. The van der Waals surface area contributed by atoms with E-state index in [0.717, 1.165) is 57.1 Å². The quantitative estimate of drug-likeness (QED) is 0.711. The first-order valence-corrected chi connectivity index (χ1v) is 11.3. The van der Waals surface area contributed by atoms with Gasteiger partial charge >= 0.3 is 0 Å². The number of rotatable bonds is 5. The number of halogens is 1. The van der Waals surface area contributed by atoms with Gasteiger partial charge in [-0.15, -0.1) is 0 Å². The third-order valence-corrected chi connectivity index (χ3v) is 6.71. The number of methoxy groups -OCH3 is 1. The molecule has 0 spiro atoms. The van der Waals surface area contributed by atoms with E-state index in [9.17, 15) is 4.79 Å². The monoisotopic (exact) mass is 435 g/mol. The molecule has 0 bridgehead atoms. The van der Waals surface area contributed by atoms with E-state index in [4.69, 9.17) is 21.1 Å². The lowest BCUT2D eigenvalue weighted by molar-refractivity contribution is 0.0423. The maximum absolute atomic E-state index is 13.0. The molecule has 2 fully saturated rings. The van der Waals surface area contributed by atoms with Crippen molar-refractivity contribution in [2.75, 3.05) is 33.3 Å². The van der Waals surface area contributed by atoms with Crippen LogP contribution in [0.2, 0.25) is 5.02 Å². The minimum Gasteiger partial charge on any atom is -0.496 e. The molecule has 4 rings (SSSR count). The standard InChI is InChI=1S/C21H26ClN3O3S/c1-27-19-3-2-15(22)14-18(19)20(26)25-9-4-16(5-10-25)24-11-6-17(7-12-24)28-21-23-8-13-29-21/h2-3,8,13-14,16-17H,4-7,9-12H2,1H3. The molecular weight excluding hydrogens is 410 g/mol. The van der Waals surface area contributed by atoms with E-state index in [2.05, 4.69) is 9.88 Å². The van der Waals surface area contributed by atoms with E-state index in [0.29, 0.717) is 22.4 Å². The summed E-state index contributed by atoms with van der Waals surface area (Å²) >= 11 is 7.64. The molecule has 3 heterocycles. The lowest BCUT2D eigenvalue weighted by atomic mass is 9.98. The number of hydrogen-bond donors (Lipinski definition) is 0. The van der Waals surface area contributed by atoms with Crippen LogP contribution in [-0.4, -0.2) is 66.1 Å². The van der Waals surface area contributed by atoms with Gasteiger partial charge in [-0.3, -0.25) is 9.69 Å². The first-order valence-electron chi connectivity index (χ1n) is 10.1. The molecule has 8 heteroatoms. The molecule has 2 aliphatic rings. The van der Waals surface area contributed by atoms with E-state index in [-0.39, 0.29) is 12.0 Å². The number of ether oxygens (including phenoxy) is 2. The second-order valence-corrected chi connectivity index (χ2v) is 8.81. The minimum atomic E-state index is -0.00152. The maximum Gasteiger partial charge on any atom is 0.273 e. The summed E-state index contributed by atoms with van der Waals surface area (Å²) in [5, 5.41) is 3.26. The molecule has 1 aromatic heterocycles. The fourth-order valence-electron chi connectivity index (χ4n) is 4.22. The lowest BCUT2D eigenvalue weighted by Gasteiger charge is -2.41. The number of hydrogen-bond acceptors (Lipinski definition) is 6.